The van der Waals surface area contributed by atoms with Crippen molar-refractivity contribution in [3.05, 3.63) is 0 Å². The first-order valence-corrected chi connectivity index (χ1v) is 2.16. The van der Waals surface area contributed by atoms with E-state index in [9.17, 15) is 4.79 Å². The third-order valence-electron chi connectivity index (χ3n) is 0.991. The molecule has 2 N–H and O–H groups in total. The summed E-state index contributed by atoms with van der Waals surface area (Å²) >= 11 is 0. The van der Waals surface area contributed by atoms with Gasteiger partial charge in [0.05, 0.1) is 6.10 Å². The van der Waals surface area contributed by atoms with Crippen molar-refractivity contribution in [1.29, 1.82) is 0 Å². The minimum Gasteiger partial charge on any atom is -0.367 e. The Kier molecular flexibility index (Phi) is 0.785. The lowest BCUT2D eigenvalue weighted by atomic mass is 10.3. The van der Waals surface area contributed by atoms with E-state index in [1.54, 1.807) is 0 Å². The van der Waals surface area contributed by atoms with Crippen LogP contribution in [0.2, 0.25) is 0 Å². The van der Waals surface area contributed by atoms with Gasteiger partial charge in [0.1, 0.15) is 0 Å². The van der Waals surface area contributed by atoms with Gasteiger partial charge in [-0.1, -0.05) is 0 Å². The topological polar surface area (TPSA) is 55.6 Å². The van der Waals surface area contributed by atoms with E-state index in [0.29, 0.717) is 0 Å². The number of epoxide rings is 1. The molecular weight excluding hydrogens is 94.0 g/mol. The fraction of sp³-hybridized carbons (Fsp3) is 0.750. The van der Waals surface area contributed by atoms with Crippen molar-refractivity contribution in [2.45, 2.75) is 19.1 Å². The van der Waals surface area contributed by atoms with Gasteiger partial charge in [-0.15, -0.1) is 0 Å². The first-order valence-electron chi connectivity index (χ1n) is 2.16. The van der Waals surface area contributed by atoms with Gasteiger partial charge >= 0.3 is 0 Å². The number of rotatable bonds is 1. The molecule has 0 aromatic carbocycles. The highest BCUT2D eigenvalue weighted by atomic mass is 16.6. The van der Waals surface area contributed by atoms with Crippen LogP contribution >= 0.6 is 0 Å². The lowest BCUT2D eigenvalue weighted by Gasteiger charge is -1.76. The van der Waals surface area contributed by atoms with Crippen molar-refractivity contribution >= 4 is 5.91 Å². The molecule has 0 bridgehead atoms. The maximum absolute atomic E-state index is 10.1. The highest BCUT2D eigenvalue weighted by Gasteiger charge is 2.39. The smallest absolute Gasteiger partial charge is 0.249 e. The molecule has 0 unspecified atom stereocenters. The van der Waals surface area contributed by atoms with Crippen molar-refractivity contribution in [3.8, 4) is 0 Å². The van der Waals surface area contributed by atoms with Gasteiger partial charge in [0.2, 0.25) is 5.91 Å². The molecule has 1 rings (SSSR count). The molecule has 3 heteroatoms. The van der Waals surface area contributed by atoms with Crippen LogP contribution in [0, 0.1) is 0 Å². The second-order valence-electron chi connectivity index (χ2n) is 1.66. The van der Waals surface area contributed by atoms with Crippen molar-refractivity contribution in [1.82, 2.24) is 0 Å². The molecule has 0 aromatic rings. The third kappa shape index (κ3) is 0.718. The molecule has 1 aliphatic rings. The Hall–Kier alpha value is -0.570. The van der Waals surface area contributed by atoms with Crippen LogP contribution in [0.3, 0.4) is 0 Å². The monoisotopic (exact) mass is 101 g/mol. The van der Waals surface area contributed by atoms with Crippen LogP contribution in [-0.2, 0) is 9.53 Å². The summed E-state index contributed by atoms with van der Waals surface area (Å²) in [6, 6.07) is 0. The zero-order valence-electron chi connectivity index (χ0n) is 4.05. The lowest BCUT2D eigenvalue weighted by molar-refractivity contribution is -0.119. The number of ether oxygens (including phenoxy) is 1. The van der Waals surface area contributed by atoms with Crippen molar-refractivity contribution in [2.75, 3.05) is 0 Å². The predicted molar refractivity (Wildman–Crippen MR) is 23.5 cm³/mol. The molecule has 1 fully saturated rings. The molecule has 1 heterocycles. The Morgan fingerprint density at radius 2 is 2.29 bits per heavy atom. The van der Waals surface area contributed by atoms with Gasteiger partial charge in [-0.25, -0.2) is 0 Å². The Morgan fingerprint density at radius 3 is 2.29 bits per heavy atom. The maximum Gasteiger partial charge on any atom is 0.249 e. The number of amides is 1. The van der Waals surface area contributed by atoms with E-state index in [1.165, 1.54) is 0 Å². The predicted octanol–water partition coefficient (Wildman–Crippen LogP) is -0.741. The van der Waals surface area contributed by atoms with Crippen LogP contribution in [-0.4, -0.2) is 18.1 Å². The fourth-order valence-electron chi connectivity index (χ4n) is 0.484. The van der Waals surface area contributed by atoms with E-state index < -0.39 is 0 Å². The molecule has 0 aromatic heterocycles. The van der Waals surface area contributed by atoms with Crippen LogP contribution in [0.25, 0.3) is 0 Å². The van der Waals surface area contributed by atoms with Crippen LogP contribution in [0.5, 0.6) is 0 Å². The van der Waals surface area contributed by atoms with E-state index >= 15 is 0 Å². The van der Waals surface area contributed by atoms with Crippen LogP contribution in [0.4, 0.5) is 0 Å². The van der Waals surface area contributed by atoms with Gasteiger partial charge in [0.25, 0.3) is 0 Å². The van der Waals surface area contributed by atoms with E-state index in [4.69, 9.17) is 10.5 Å². The van der Waals surface area contributed by atoms with Crippen molar-refractivity contribution in [2.24, 2.45) is 5.73 Å². The standard InChI is InChI=1S/C4H7NO2/c1-2-3(7-2)4(5)6/h2-3H,1H3,(H2,5,6)/t2-,3+/m1/s1. The molecule has 40 valence electrons. The first-order chi connectivity index (χ1) is 3.22. The van der Waals surface area contributed by atoms with Gasteiger partial charge < -0.3 is 10.5 Å². The van der Waals surface area contributed by atoms with E-state index in [1.807, 2.05) is 6.92 Å². The molecule has 1 saturated heterocycles. The summed E-state index contributed by atoms with van der Waals surface area (Å²) in [7, 11) is 0. The first kappa shape index (κ1) is 4.59. The highest BCUT2D eigenvalue weighted by Crippen LogP contribution is 2.19. The number of hydrogen-bond donors (Lipinski definition) is 1. The molecule has 0 radical (unpaired) electrons. The second kappa shape index (κ2) is 1.20. The molecule has 2 atom stereocenters. The third-order valence-corrected chi connectivity index (χ3v) is 0.991. The molecule has 0 saturated carbocycles. The summed E-state index contributed by atoms with van der Waals surface area (Å²) in [4.78, 5) is 10.1. The lowest BCUT2D eigenvalue weighted by Crippen LogP contribution is -2.18. The van der Waals surface area contributed by atoms with E-state index in [2.05, 4.69) is 0 Å². The average molecular weight is 101 g/mol. The van der Waals surface area contributed by atoms with Crippen LogP contribution < -0.4 is 5.73 Å². The molecule has 1 amide bonds. The Labute approximate surface area is 41.4 Å². The average Bonchev–Trinajstić information content (AvgIpc) is 2.17. The quantitative estimate of drug-likeness (QED) is 0.442. The molecule has 0 spiro atoms. The minimum atomic E-state index is -0.354. The van der Waals surface area contributed by atoms with E-state index in [-0.39, 0.29) is 18.1 Å². The Morgan fingerprint density at radius 1 is 1.86 bits per heavy atom. The molecular formula is C4H7NO2. The highest BCUT2D eigenvalue weighted by molar-refractivity contribution is 5.81. The fourth-order valence-corrected chi connectivity index (χ4v) is 0.484. The largest absolute Gasteiger partial charge is 0.367 e. The van der Waals surface area contributed by atoms with E-state index in [0.717, 1.165) is 0 Å². The Bertz CT molecular complexity index is 102. The zero-order chi connectivity index (χ0) is 5.44. The normalized spacial score (nSPS) is 37.9. The number of carbonyl (C=O) groups is 1. The molecule has 3 nitrogen and oxygen atoms in total. The van der Waals surface area contributed by atoms with Gasteiger partial charge in [-0.3, -0.25) is 4.79 Å². The summed E-state index contributed by atoms with van der Waals surface area (Å²) < 4.78 is 4.70. The number of nitrogens with two attached hydrogens (primary N) is 1. The zero-order valence-corrected chi connectivity index (χ0v) is 4.05. The number of carbonyl (C=O) groups excluding carboxylic acids is 1. The van der Waals surface area contributed by atoms with Gasteiger partial charge in [0.15, 0.2) is 6.10 Å². The molecule has 7 heavy (non-hydrogen) atoms. The van der Waals surface area contributed by atoms with Crippen molar-refractivity contribution < 1.29 is 9.53 Å². The Balaban J connectivity index is 2.33. The minimum absolute atomic E-state index is 0.0671. The van der Waals surface area contributed by atoms with Crippen molar-refractivity contribution in [3.63, 3.8) is 0 Å². The summed E-state index contributed by atoms with van der Waals surface area (Å²) in [5, 5.41) is 0. The summed E-state index contributed by atoms with van der Waals surface area (Å²) in [6.45, 7) is 1.81. The summed E-state index contributed by atoms with van der Waals surface area (Å²) in [5.74, 6) is -0.354. The van der Waals surface area contributed by atoms with Gasteiger partial charge in [-0.05, 0) is 6.92 Å². The number of primary amides is 1. The summed E-state index contributed by atoms with van der Waals surface area (Å²) in [5.41, 5.74) is 4.82. The number of hydrogen-bond acceptors (Lipinski definition) is 2. The molecule has 0 aliphatic carbocycles. The van der Waals surface area contributed by atoms with Crippen LogP contribution in [0.15, 0.2) is 0 Å². The van der Waals surface area contributed by atoms with Gasteiger partial charge in [0, 0.05) is 0 Å². The second-order valence-corrected chi connectivity index (χ2v) is 1.66. The summed E-state index contributed by atoms with van der Waals surface area (Å²) in [6.07, 6.45) is -0.225. The maximum atomic E-state index is 10.1. The van der Waals surface area contributed by atoms with Gasteiger partial charge in [-0.2, -0.15) is 0 Å². The van der Waals surface area contributed by atoms with Crippen LogP contribution in [0.1, 0.15) is 6.92 Å². The SMILES string of the molecule is C[C@H]1O[C@@H]1C(N)=O. The molecule has 1 aliphatic heterocycles.